The summed E-state index contributed by atoms with van der Waals surface area (Å²) in [6, 6.07) is 0.818. The molecular formula is C12H21N3OS. The van der Waals surface area contributed by atoms with Crippen molar-refractivity contribution in [3.05, 3.63) is 16.6 Å². The average Bonchev–Trinajstić information content (AvgIpc) is 2.83. The first-order chi connectivity index (χ1) is 8.25. The Bertz CT molecular complexity index is 312. The first-order valence-electron chi connectivity index (χ1n) is 6.21. The van der Waals surface area contributed by atoms with Crippen LogP contribution in [0.15, 0.2) is 11.6 Å². The van der Waals surface area contributed by atoms with Crippen LogP contribution in [0, 0.1) is 0 Å². The summed E-state index contributed by atoms with van der Waals surface area (Å²) < 4.78 is 5.35. The predicted molar refractivity (Wildman–Crippen MR) is 70.4 cm³/mol. The second-order valence-electron chi connectivity index (χ2n) is 4.57. The summed E-state index contributed by atoms with van der Waals surface area (Å²) in [5.41, 5.74) is 0. The van der Waals surface area contributed by atoms with E-state index in [1.54, 1.807) is 11.3 Å². The molecule has 0 saturated carbocycles. The molecule has 1 fully saturated rings. The first kappa shape index (κ1) is 13.0. The van der Waals surface area contributed by atoms with Crippen molar-refractivity contribution in [2.75, 3.05) is 32.8 Å². The van der Waals surface area contributed by atoms with Crippen molar-refractivity contribution in [2.45, 2.75) is 25.9 Å². The molecule has 4 nitrogen and oxygen atoms in total. The van der Waals surface area contributed by atoms with Crippen molar-refractivity contribution in [1.29, 1.82) is 0 Å². The maximum absolute atomic E-state index is 5.35. The molecule has 0 bridgehead atoms. The summed E-state index contributed by atoms with van der Waals surface area (Å²) in [7, 11) is 0. The molecule has 5 heteroatoms. The Morgan fingerprint density at radius 2 is 2.24 bits per heavy atom. The van der Waals surface area contributed by atoms with E-state index in [0.717, 1.165) is 32.8 Å². The monoisotopic (exact) mass is 255 g/mol. The second-order valence-corrected chi connectivity index (χ2v) is 5.50. The van der Waals surface area contributed by atoms with Crippen LogP contribution >= 0.6 is 11.3 Å². The third-order valence-electron chi connectivity index (χ3n) is 2.99. The molecule has 0 aromatic carbocycles. The van der Waals surface area contributed by atoms with E-state index in [4.69, 9.17) is 4.74 Å². The Balaban J connectivity index is 1.74. The van der Waals surface area contributed by atoms with Gasteiger partial charge in [0.1, 0.15) is 5.01 Å². The van der Waals surface area contributed by atoms with E-state index in [9.17, 15) is 0 Å². The van der Waals surface area contributed by atoms with Crippen molar-refractivity contribution in [1.82, 2.24) is 15.2 Å². The van der Waals surface area contributed by atoms with Crippen molar-refractivity contribution in [3.63, 3.8) is 0 Å². The molecular weight excluding hydrogens is 234 g/mol. The third kappa shape index (κ3) is 4.03. The zero-order valence-electron chi connectivity index (χ0n) is 10.6. The molecule has 17 heavy (non-hydrogen) atoms. The largest absolute Gasteiger partial charge is 0.379 e. The molecule has 96 valence electrons. The summed E-state index contributed by atoms with van der Waals surface area (Å²) in [6.07, 6.45) is 1.87. The van der Waals surface area contributed by atoms with Crippen LogP contribution in [0.1, 0.15) is 24.9 Å². The maximum atomic E-state index is 5.35. The number of aromatic nitrogens is 1. The number of thiazole rings is 1. The Morgan fingerprint density at radius 3 is 2.88 bits per heavy atom. The van der Waals surface area contributed by atoms with Crippen LogP contribution in [0.3, 0.4) is 0 Å². The maximum Gasteiger partial charge on any atom is 0.109 e. The van der Waals surface area contributed by atoms with E-state index < -0.39 is 0 Å². The standard InChI is InChI=1S/C12H21N3OS/c1-10(9-15-4-6-16-7-5-15)14-11(2)12-13-3-8-17-12/h3,8,10-11,14H,4-7,9H2,1-2H3. The van der Waals surface area contributed by atoms with Gasteiger partial charge in [0.2, 0.25) is 0 Å². The van der Waals surface area contributed by atoms with Gasteiger partial charge in [-0.1, -0.05) is 0 Å². The fourth-order valence-corrected chi connectivity index (χ4v) is 2.83. The molecule has 1 aromatic rings. The van der Waals surface area contributed by atoms with Gasteiger partial charge >= 0.3 is 0 Å². The molecule has 1 aromatic heterocycles. The van der Waals surface area contributed by atoms with E-state index >= 15 is 0 Å². The lowest BCUT2D eigenvalue weighted by Gasteiger charge is -2.30. The highest BCUT2D eigenvalue weighted by atomic mass is 32.1. The smallest absolute Gasteiger partial charge is 0.109 e. The molecule has 1 aliphatic heterocycles. The number of hydrogen-bond acceptors (Lipinski definition) is 5. The third-order valence-corrected chi connectivity index (χ3v) is 3.95. The number of ether oxygens (including phenoxy) is 1. The molecule has 1 N–H and O–H groups in total. The summed E-state index contributed by atoms with van der Waals surface area (Å²) >= 11 is 1.71. The van der Waals surface area contributed by atoms with Gasteiger partial charge in [0, 0.05) is 37.3 Å². The lowest BCUT2D eigenvalue weighted by molar-refractivity contribution is 0.0339. The van der Waals surface area contributed by atoms with E-state index in [0.29, 0.717) is 12.1 Å². The minimum absolute atomic E-state index is 0.339. The molecule has 2 heterocycles. The summed E-state index contributed by atoms with van der Waals surface area (Å²) in [4.78, 5) is 6.79. The van der Waals surface area contributed by atoms with E-state index in [2.05, 4.69) is 29.0 Å². The van der Waals surface area contributed by atoms with Gasteiger partial charge in [0.25, 0.3) is 0 Å². The predicted octanol–water partition coefficient (Wildman–Crippen LogP) is 1.51. The molecule has 0 aliphatic carbocycles. The number of hydrogen-bond donors (Lipinski definition) is 1. The van der Waals surface area contributed by atoms with E-state index in [1.807, 2.05) is 11.6 Å². The van der Waals surface area contributed by atoms with Gasteiger partial charge in [-0.05, 0) is 13.8 Å². The summed E-state index contributed by atoms with van der Waals surface area (Å²) in [6.45, 7) is 9.34. The number of rotatable bonds is 5. The zero-order chi connectivity index (χ0) is 12.1. The summed E-state index contributed by atoms with van der Waals surface area (Å²) in [5, 5.41) is 6.79. The second kappa shape index (κ2) is 6.44. The van der Waals surface area contributed by atoms with Gasteiger partial charge in [0.05, 0.1) is 19.3 Å². The first-order valence-corrected chi connectivity index (χ1v) is 7.09. The molecule has 2 unspecified atom stereocenters. The normalized spacial score (nSPS) is 21.3. The quantitative estimate of drug-likeness (QED) is 0.865. The van der Waals surface area contributed by atoms with Gasteiger partial charge in [-0.15, -0.1) is 11.3 Å². The Hall–Kier alpha value is -0.490. The fraction of sp³-hybridized carbons (Fsp3) is 0.750. The molecule has 0 radical (unpaired) electrons. The van der Waals surface area contributed by atoms with Gasteiger partial charge < -0.3 is 10.1 Å². The SMILES string of the molecule is CC(CN1CCOCC1)NC(C)c1nccs1. The summed E-state index contributed by atoms with van der Waals surface area (Å²) in [5.74, 6) is 0. The van der Waals surface area contributed by atoms with Crippen LogP contribution in [0.25, 0.3) is 0 Å². The van der Waals surface area contributed by atoms with Gasteiger partial charge in [-0.3, -0.25) is 4.90 Å². The molecule has 2 rings (SSSR count). The van der Waals surface area contributed by atoms with E-state index in [1.165, 1.54) is 5.01 Å². The van der Waals surface area contributed by atoms with Crippen LogP contribution in [-0.4, -0.2) is 48.8 Å². The highest BCUT2D eigenvalue weighted by Gasteiger charge is 2.16. The minimum atomic E-state index is 0.339. The molecule has 0 spiro atoms. The fourth-order valence-electron chi connectivity index (χ4n) is 2.17. The molecule has 0 amide bonds. The molecule has 1 saturated heterocycles. The topological polar surface area (TPSA) is 37.4 Å². The van der Waals surface area contributed by atoms with Gasteiger partial charge in [-0.2, -0.15) is 0 Å². The number of nitrogens with one attached hydrogen (secondary N) is 1. The van der Waals surface area contributed by atoms with Crippen LogP contribution in [0.5, 0.6) is 0 Å². The van der Waals surface area contributed by atoms with Crippen LogP contribution < -0.4 is 5.32 Å². The van der Waals surface area contributed by atoms with Crippen molar-refractivity contribution in [2.24, 2.45) is 0 Å². The Kier molecular flexibility index (Phi) is 4.91. The Labute approximate surface area is 107 Å². The molecule has 1 aliphatic rings. The lowest BCUT2D eigenvalue weighted by Crippen LogP contribution is -2.44. The van der Waals surface area contributed by atoms with Crippen LogP contribution in [-0.2, 0) is 4.74 Å². The highest BCUT2D eigenvalue weighted by Crippen LogP contribution is 2.15. The zero-order valence-corrected chi connectivity index (χ0v) is 11.4. The van der Waals surface area contributed by atoms with E-state index in [-0.39, 0.29) is 0 Å². The average molecular weight is 255 g/mol. The van der Waals surface area contributed by atoms with Crippen LogP contribution in [0.4, 0.5) is 0 Å². The lowest BCUT2D eigenvalue weighted by atomic mass is 10.2. The van der Waals surface area contributed by atoms with Crippen molar-refractivity contribution in [3.8, 4) is 0 Å². The molecule has 2 atom stereocenters. The minimum Gasteiger partial charge on any atom is -0.379 e. The number of nitrogens with zero attached hydrogens (tertiary/aromatic N) is 2. The van der Waals surface area contributed by atoms with Crippen molar-refractivity contribution >= 4 is 11.3 Å². The van der Waals surface area contributed by atoms with Gasteiger partial charge in [0.15, 0.2) is 0 Å². The Morgan fingerprint density at radius 1 is 1.47 bits per heavy atom. The van der Waals surface area contributed by atoms with Crippen molar-refractivity contribution < 1.29 is 4.74 Å². The van der Waals surface area contributed by atoms with Crippen LogP contribution in [0.2, 0.25) is 0 Å². The number of morpholine rings is 1. The highest BCUT2D eigenvalue weighted by molar-refractivity contribution is 7.09. The van der Waals surface area contributed by atoms with Gasteiger partial charge in [-0.25, -0.2) is 4.98 Å².